The van der Waals surface area contributed by atoms with Crippen LogP contribution in [-0.4, -0.2) is 16.8 Å². The molecule has 1 heterocycles. The number of hydrogen-bond donors (Lipinski definition) is 3. The Morgan fingerprint density at radius 2 is 1.50 bits per heavy atom. The van der Waals surface area contributed by atoms with Crippen LogP contribution in [0.3, 0.4) is 0 Å². The molecule has 0 saturated carbocycles. The van der Waals surface area contributed by atoms with Gasteiger partial charge in [0.05, 0.1) is 11.1 Å². The number of fused-ring (bicyclic) bond motifs is 1. The van der Waals surface area contributed by atoms with Gasteiger partial charge in [0.15, 0.2) is 0 Å². The van der Waals surface area contributed by atoms with Gasteiger partial charge in [0.1, 0.15) is 0 Å². The van der Waals surface area contributed by atoms with Gasteiger partial charge in [-0.3, -0.25) is 20.4 Å². The lowest BCUT2D eigenvalue weighted by Crippen LogP contribution is -2.41. The van der Waals surface area contributed by atoms with Crippen molar-refractivity contribution in [3.05, 3.63) is 69.4 Å². The van der Waals surface area contributed by atoms with E-state index in [0.717, 1.165) is 14.5 Å². The summed E-state index contributed by atoms with van der Waals surface area (Å²) in [7, 11) is 0. The normalized spacial score (nSPS) is 10.4. The number of para-hydroxylation sites is 1. The summed E-state index contributed by atoms with van der Waals surface area (Å²) in [6.07, 6.45) is 1.62. The number of hydrazine groups is 1. The van der Waals surface area contributed by atoms with Crippen LogP contribution in [-0.2, 0) is 0 Å². The number of aromatic nitrogens is 1. The molecule has 0 aliphatic carbocycles. The minimum atomic E-state index is -0.364. The van der Waals surface area contributed by atoms with Crippen molar-refractivity contribution in [3.63, 3.8) is 0 Å². The number of H-pyrrole nitrogens is 1. The van der Waals surface area contributed by atoms with Gasteiger partial charge in [-0.05, 0) is 40.8 Å². The van der Waals surface area contributed by atoms with Gasteiger partial charge in [0.25, 0.3) is 11.8 Å². The zero-order valence-corrected chi connectivity index (χ0v) is 13.5. The van der Waals surface area contributed by atoms with Gasteiger partial charge in [0, 0.05) is 20.7 Å². The molecule has 0 unspecified atom stereocenters. The average molecular weight is 405 g/mol. The zero-order chi connectivity index (χ0) is 15.5. The third-order valence-electron chi connectivity index (χ3n) is 3.24. The highest BCUT2D eigenvalue weighted by Gasteiger charge is 2.14. The van der Waals surface area contributed by atoms with E-state index in [1.54, 1.807) is 18.3 Å². The van der Waals surface area contributed by atoms with Gasteiger partial charge in [0.2, 0.25) is 0 Å². The number of carbonyl (C=O) groups is 2. The lowest BCUT2D eigenvalue weighted by atomic mass is 10.2. The van der Waals surface area contributed by atoms with Gasteiger partial charge in [-0.15, -0.1) is 0 Å². The first kappa shape index (κ1) is 14.6. The molecule has 1 aromatic heterocycles. The Kier molecular flexibility index (Phi) is 4.10. The quantitative estimate of drug-likeness (QED) is 0.453. The van der Waals surface area contributed by atoms with Crippen LogP contribution in [0.5, 0.6) is 0 Å². The van der Waals surface area contributed by atoms with E-state index in [4.69, 9.17) is 0 Å². The third kappa shape index (κ3) is 2.82. The molecule has 0 atom stereocenters. The smallest absolute Gasteiger partial charge is 0.271 e. The van der Waals surface area contributed by atoms with Crippen LogP contribution in [0, 0.1) is 3.57 Å². The standard InChI is InChI=1S/C16H12IN3O2/c17-13-7-3-1-6-11(13)15(21)19-20-16(22)12-9-18-14-8-4-2-5-10(12)14/h1-9,18H,(H,19,21)(H,20,22). The Labute approximate surface area is 140 Å². The Morgan fingerprint density at radius 1 is 0.864 bits per heavy atom. The van der Waals surface area contributed by atoms with E-state index >= 15 is 0 Å². The molecule has 2 amide bonds. The maximum absolute atomic E-state index is 12.2. The molecule has 2 aromatic carbocycles. The number of benzene rings is 2. The average Bonchev–Trinajstić information content (AvgIpc) is 2.97. The molecule has 0 fully saturated rings. The highest BCUT2D eigenvalue weighted by Crippen LogP contribution is 2.17. The van der Waals surface area contributed by atoms with Gasteiger partial charge < -0.3 is 4.98 Å². The highest BCUT2D eigenvalue weighted by atomic mass is 127. The predicted octanol–water partition coefficient (Wildman–Crippen LogP) is 2.85. The number of carbonyl (C=O) groups excluding carboxylic acids is 2. The van der Waals surface area contributed by atoms with Crippen LogP contribution in [0.15, 0.2) is 54.7 Å². The molecule has 0 aliphatic rings. The van der Waals surface area contributed by atoms with E-state index in [1.165, 1.54) is 0 Å². The van der Waals surface area contributed by atoms with E-state index in [0.29, 0.717) is 11.1 Å². The fourth-order valence-electron chi connectivity index (χ4n) is 2.15. The summed E-state index contributed by atoms with van der Waals surface area (Å²) in [4.78, 5) is 27.3. The highest BCUT2D eigenvalue weighted by molar-refractivity contribution is 14.1. The summed E-state index contributed by atoms with van der Waals surface area (Å²) in [6.45, 7) is 0. The van der Waals surface area contributed by atoms with Crippen molar-refractivity contribution in [2.24, 2.45) is 0 Å². The molecule has 6 heteroatoms. The molecule has 3 N–H and O–H groups in total. The molecule has 110 valence electrons. The monoisotopic (exact) mass is 405 g/mol. The van der Waals surface area contributed by atoms with Crippen molar-refractivity contribution >= 4 is 45.3 Å². The number of aromatic amines is 1. The minimum absolute atomic E-state index is 0.349. The fourth-order valence-corrected chi connectivity index (χ4v) is 2.79. The van der Waals surface area contributed by atoms with Crippen molar-refractivity contribution in [2.45, 2.75) is 0 Å². The van der Waals surface area contributed by atoms with E-state index < -0.39 is 0 Å². The van der Waals surface area contributed by atoms with E-state index in [2.05, 4.69) is 38.4 Å². The molecule has 0 bridgehead atoms. The summed E-state index contributed by atoms with van der Waals surface area (Å²) in [5.74, 6) is -0.713. The van der Waals surface area contributed by atoms with Crippen LogP contribution in [0.2, 0.25) is 0 Å². The lowest BCUT2D eigenvalue weighted by Gasteiger charge is -2.08. The summed E-state index contributed by atoms with van der Waals surface area (Å²) in [6, 6.07) is 14.6. The molecule has 3 aromatic rings. The van der Waals surface area contributed by atoms with E-state index in [-0.39, 0.29) is 11.8 Å². The molecule has 22 heavy (non-hydrogen) atoms. The molecule has 0 radical (unpaired) electrons. The van der Waals surface area contributed by atoms with E-state index in [1.807, 2.05) is 36.4 Å². The molecule has 5 nitrogen and oxygen atoms in total. The summed E-state index contributed by atoms with van der Waals surface area (Å²) in [5, 5.41) is 0.809. The van der Waals surface area contributed by atoms with Crippen LogP contribution < -0.4 is 10.9 Å². The number of halogens is 1. The van der Waals surface area contributed by atoms with Gasteiger partial charge in [-0.1, -0.05) is 30.3 Å². The summed E-state index contributed by atoms with van der Waals surface area (Å²) >= 11 is 2.08. The lowest BCUT2D eigenvalue weighted by molar-refractivity contribution is 0.0847. The van der Waals surface area contributed by atoms with Crippen molar-refractivity contribution < 1.29 is 9.59 Å². The Hall–Kier alpha value is -2.35. The fraction of sp³-hybridized carbons (Fsp3) is 0. The minimum Gasteiger partial charge on any atom is -0.360 e. The maximum atomic E-state index is 12.2. The largest absolute Gasteiger partial charge is 0.360 e. The second kappa shape index (κ2) is 6.18. The SMILES string of the molecule is O=C(NNC(=O)c1c[nH]c2ccccc12)c1ccccc1I. The molecular weight excluding hydrogens is 393 g/mol. The van der Waals surface area contributed by atoms with Gasteiger partial charge >= 0.3 is 0 Å². The Morgan fingerprint density at radius 3 is 2.27 bits per heavy atom. The van der Waals surface area contributed by atoms with Crippen LogP contribution in [0.25, 0.3) is 10.9 Å². The number of nitrogens with one attached hydrogen (secondary N) is 3. The zero-order valence-electron chi connectivity index (χ0n) is 11.4. The van der Waals surface area contributed by atoms with Crippen molar-refractivity contribution in [2.75, 3.05) is 0 Å². The summed E-state index contributed by atoms with van der Waals surface area (Å²) in [5.41, 5.74) is 6.75. The van der Waals surface area contributed by atoms with Crippen LogP contribution >= 0.6 is 22.6 Å². The van der Waals surface area contributed by atoms with Gasteiger partial charge in [-0.2, -0.15) is 0 Å². The van der Waals surface area contributed by atoms with Crippen LogP contribution in [0.1, 0.15) is 20.7 Å². The van der Waals surface area contributed by atoms with E-state index in [9.17, 15) is 9.59 Å². The van der Waals surface area contributed by atoms with Crippen molar-refractivity contribution in [1.29, 1.82) is 0 Å². The molecular formula is C16H12IN3O2. The van der Waals surface area contributed by atoms with Crippen molar-refractivity contribution in [1.82, 2.24) is 15.8 Å². The first-order valence-corrected chi connectivity index (χ1v) is 7.66. The Bertz CT molecular complexity index is 857. The van der Waals surface area contributed by atoms with Crippen LogP contribution in [0.4, 0.5) is 0 Å². The summed E-state index contributed by atoms with van der Waals surface area (Å²) < 4.78 is 0.818. The topological polar surface area (TPSA) is 74.0 Å². The first-order chi connectivity index (χ1) is 10.7. The second-order valence-electron chi connectivity index (χ2n) is 4.64. The number of amides is 2. The van der Waals surface area contributed by atoms with Gasteiger partial charge in [-0.25, -0.2) is 0 Å². The molecule has 0 aliphatic heterocycles. The Balaban J connectivity index is 1.73. The molecule has 0 saturated heterocycles. The predicted molar refractivity (Wildman–Crippen MR) is 92.4 cm³/mol. The number of rotatable bonds is 2. The number of hydrogen-bond acceptors (Lipinski definition) is 2. The first-order valence-electron chi connectivity index (χ1n) is 6.58. The molecule has 0 spiro atoms. The van der Waals surface area contributed by atoms with Crippen molar-refractivity contribution in [3.8, 4) is 0 Å². The third-order valence-corrected chi connectivity index (χ3v) is 4.18. The second-order valence-corrected chi connectivity index (χ2v) is 5.80. The molecule has 3 rings (SSSR count). The maximum Gasteiger partial charge on any atom is 0.271 e.